The van der Waals surface area contributed by atoms with Crippen molar-refractivity contribution in [3.63, 3.8) is 0 Å². The molecule has 1 aromatic heterocycles. The summed E-state index contributed by atoms with van der Waals surface area (Å²) in [6, 6.07) is 12.1. The molecule has 166 valence electrons. The molecule has 3 aromatic rings. The lowest BCUT2D eigenvalue weighted by atomic mass is 9.95. The second kappa shape index (κ2) is 9.78. The van der Waals surface area contributed by atoms with Gasteiger partial charge in [0.15, 0.2) is 5.82 Å². The molecule has 2 aromatic carbocycles. The number of benzene rings is 2. The van der Waals surface area contributed by atoms with Crippen molar-refractivity contribution in [2.45, 2.75) is 25.8 Å². The number of aromatic nitrogens is 3. The van der Waals surface area contributed by atoms with Gasteiger partial charge in [-0.25, -0.2) is 4.68 Å². The monoisotopic (exact) mass is 583 g/mol. The Balaban J connectivity index is 1.78. The van der Waals surface area contributed by atoms with Crippen LogP contribution >= 0.6 is 45.8 Å². The highest BCUT2D eigenvalue weighted by atomic mass is 127. The molecule has 4 rings (SSSR count). The maximum absolute atomic E-state index is 13.4. The summed E-state index contributed by atoms with van der Waals surface area (Å²) in [7, 11) is 0. The predicted molar refractivity (Wildman–Crippen MR) is 134 cm³/mol. The number of halogens is 3. The van der Waals surface area contributed by atoms with Gasteiger partial charge < -0.3 is 15.7 Å². The number of nitrogens with zero attached hydrogens (tertiary/aromatic N) is 3. The number of anilines is 2. The van der Waals surface area contributed by atoms with E-state index in [1.54, 1.807) is 22.9 Å². The largest absolute Gasteiger partial charge is 0.396 e. The van der Waals surface area contributed by atoms with Crippen molar-refractivity contribution in [1.29, 1.82) is 0 Å². The van der Waals surface area contributed by atoms with Crippen LogP contribution in [0.2, 0.25) is 10.0 Å². The fourth-order valence-electron chi connectivity index (χ4n) is 3.57. The molecule has 1 aliphatic rings. The fourth-order valence-corrected chi connectivity index (χ4v) is 4.45. The van der Waals surface area contributed by atoms with E-state index in [0.717, 1.165) is 3.57 Å². The number of fused-ring (bicyclic) bond motifs is 1. The van der Waals surface area contributed by atoms with Crippen molar-refractivity contribution < 1.29 is 9.90 Å². The topological polar surface area (TPSA) is 92.1 Å². The van der Waals surface area contributed by atoms with E-state index in [4.69, 9.17) is 28.3 Å². The SMILES string of the molecule is CC1=C(C(=O)Nc2ccc(I)cc2)C(c2ccc(Cl)cc2Cl)n2nc(CCCO)nc2N1. The minimum Gasteiger partial charge on any atom is -0.396 e. The van der Waals surface area contributed by atoms with E-state index < -0.39 is 6.04 Å². The van der Waals surface area contributed by atoms with Crippen LogP contribution in [0.3, 0.4) is 0 Å². The summed E-state index contributed by atoms with van der Waals surface area (Å²) >= 11 is 14.9. The molecule has 0 radical (unpaired) electrons. The van der Waals surface area contributed by atoms with Crippen molar-refractivity contribution in [2.24, 2.45) is 0 Å². The summed E-state index contributed by atoms with van der Waals surface area (Å²) in [5, 5.41) is 20.9. The van der Waals surface area contributed by atoms with Gasteiger partial charge in [-0.2, -0.15) is 10.1 Å². The highest BCUT2D eigenvalue weighted by Gasteiger charge is 2.35. The molecule has 32 heavy (non-hydrogen) atoms. The van der Waals surface area contributed by atoms with Gasteiger partial charge in [0.2, 0.25) is 5.95 Å². The maximum atomic E-state index is 13.4. The van der Waals surface area contributed by atoms with Gasteiger partial charge in [0.05, 0.1) is 5.57 Å². The highest BCUT2D eigenvalue weighted by molar-refractivity contribution is 14.1. The van der Waals surface area contributed by atoms with E-state index in [1.165, 1.54) is 0 Å². The van der Waals surface area contributed by atoms with Crippen molar-refractivity contribution in [3.8, 4) is 0 Å². The van der Waals surface area contributed by atoms with E-state index >= 15 is 0 Å². The average molecular weight is 584 g/mol. The Morgan fingerprint density at radius 1 is 1.25 bits per heavy atom. The molecule has 0 spiro atoms. The molecule has 0 fully saturated rings. The number of aliphatic hydroxyl groups is 1. The molecule has 0 aliphatic carbocycles. The molecule has 7 nitrogen and oxygen atoms in total. The molecular weight excluding hydrogens is 564 g/mol. The number of hydrogen-bond acceptors (Lipinski definition) is 5. The number of carbonyl (C=O) groups excluding carboxylic acids is 1. The summed E-state index contributed by atoms with van der Waals surface area (Å²) in [4.78, 5) is 18.0. The van der Waals surface area contributed by atoms with Crippen LogP contribution in [0, 0.1) is 3.57 Å². The van der Waals surface area contributed by atoms with Gasteiger partial charge in [-0.1, -0.05) is 29.3 Å². The van der Waals surface area contributed by atoms with Gasteiger partial charge in [-0.15, -0.1) is 0 Å². The van der Waals surface area contributed by atoms with Crippen LogP contribution < -0.4 is 10.6 Å². The highest BCUT2D eigenvalue weighted by Crippen LogP contribution is 2.39. The van der Waals surface area contributed by atoms with Gasteiger partial charge >= 0.3 is 0 Å². The quantitative estimate of drug-likeness (QED) is 0.354. The van der Waals surface area contributed by atoms with Gasteiger partial charge in [0, 0.05) is 43.6 Å². The van der Waals surface area contributed by atoms with Gasteiger partial charge in [-0.3, -0.25) is 4.79 Å². The number of amides is 1. The molecule has 1 amide bonds. The third-order valence-corrected chi connectivity index (χ3v) is 6.34. The minimum atomic E-state index is -0.602. The van der Waals surface area contributed by atoms with Crippen molar-refractivity contribution >= 4 is 63.3 Å². The summed E-state index contributed by atoms with van der Waals surface area (Å²) < 4.78 is 2.74. The fraction of sp³-hybridized carbons (Fsp3) is 0.227. The van der Waals surface area contributed by atoms with E-state index in [0.29, 0.717) is 57.2 Å². The summed E-state index contributed by atoms with van der Waals surface area (Å²) in [5.41, 5.74) is 2.49. The van der Waals surface area contributed by atoms with Crippen molar-refractivity contribution in [3.05, 3.63) is 78.7 Å². The Morgan fingerprint density at radius 3 is 2.69 bits per heavy atom. The Kier molecular flexibility index (Phi) is 7.04. The zero-order chi connectivity index (χ0) is 22.8. The van der Waals surface area contributed by atoms with Crippen LogP contribution in [-0.4, -0.2) is 32.4 Å². The van der Waals surface area contributed by atoms with Crippen molar-refractivity contribution in [1.82, 2.24) is 14.8 Å². The number of aliphatic hydroxyl groups excluding tert-OH is 1. The number of carbonyl (C=O) groups is 1. The lowest BCUT2D eigenvalue weighted by Gasteiger charge is -2.29. The van der Waals surface area contributed by atoms with E-state index in [2.05, 4.69) is 43.3 Å². The predicted octanol–water partition coefficient (Wildman–Crippen LogP) is 5.04. The molecule has 1 unspecified atom stereocenters. The number of allylic oxidation sites excluding steroid dienone is 1. The molecule has 0 saturated heterocycles. The second-order valence-corrected chi connectivity index (χ2v) is 9.41. The maximum Gasteiger partial charge on any atom is 0.255 e. The van der Waals surface area contributed by atoms with Crippen LogP contribution in [0.25, 0.3) is 0 Å². The third kappa shape index (κ3) is 4.78. The van der Waals surface area contributed by atoms with Gasteiger partial charge in [-0.05, 0) is 72.3 Å². The Labute approximate surface area is 209 Å². The van der Waals surface area contributed by atoms with Gasteiger partial charge in [0.25, 0.3) is 5.91 Å². The number of aryl methyl sites for hydroxylation is 1. The molecule has 3 N–H and O–H groups in total. The molecular formula is C22H20Cl2IN5O2. The minimum absolute atomic E-state index is 0.0463. The number of hydrogen-bond donors (Lipinski definition) is 3. The average Bonchev–Trinajstić information content (AvgIpc) is 3.15. The van der Waals surface area contributed by atoms with Crippen LogP contribution in [0.5, 0.6) is 0 Å². The normalized spacial score (nSPS) is 15.3. The first-order chi connectivity index (χ1) is 15.4. The summed E-state index contributed by atoms with van der Waals surface area (Å²) in [6.07, 6.45) is 1.06. The number of rotatable bonds is 6. The van der Waals surface area contributed by atoms with Crippen LogP contribution in [0.4, 0.5) is 11.6 Å². The zero-order valence-corrected chi connectivity index (χ0v) is 20.7. The zero-order valence-electron chi connectivity index (χ0n) is 17.1. The molecule has 2 heterocycles. The molecule has 1 aliphatic heterocycles. The Bertz CT molecular complexity index is 1190. The Morgan fingerprint density at radius 2 is 2.00 bits per heavy atom. The number of nitrogens with one attached hydrogen (secondary N) is 2. The van der Waals surface area contributed by atoms with Crippen LogP contribution in [0.15, 0.2) is 53.7 Å². The molecule has 1 atom stereocenters. The van der Waals surface area contributed by atoms with E-state index in [-0.39, 0.29) is 12.5 Å². The second-order valence-electron chi connectivity index (χ2n) is 7.32. The lowest BCUT2D eigenvalue weighted by Crippen LogP contribution is -2.31. The first kappa shape index (κ1) is 23.0. The standard InChI is InChI=1S/C22H20Cl2IN5O2/c1-12-19(21(32)27-15-7-5-14(25)6-8-15)20(16-9-4-13(23)11-17(16)24)30-22(26-12)28-18(29-30)3-2-10-31/h4-9,11,20,31H,2-3,10H2,1H3,(H,27,32)(H,26,28,29). The summed E-state index contributed by atoms with van der Waals surface area (Å²) in [6.45, 7) is 1.87. The van der Waals surface area contributed by atoms with E-state index in [9.17, 15) is 4.79 Å². The first-order valence-corrected chi connectivity index (χ1v) is 11.8. The van der Waals surface area contributed by atoms with E-state index in [1.807, 2.05) is 31.2 Å². The van der Waals surface area contributed by atoms with Crippen LogP contribution in [0.1, 0.15) is 30.8 Å². The van der Waals surface area contributed by atoms with Crippen molar-refractivity contribution in [2.75, 3.05) is 17.2 Å². The first-order valence-electron chi connectivity index (χ1n) is 9.93. The molecule has 0 saturated carbocycles. The van der Waals surface area contributed by atoms with Crippen LogP contribution in [-0.2, 0) is 11.2 Å². The Hall–Kier alpha value is -2.14. The smallest absolute Gasteiger partial charge is 0.255 e. The van der Waals surface area contributed by atoms with Gasteiger partial charge in [0.1, 0.15) is 6.04 Å². The third-order valence-electron chi connectivity index (χ3n) is 5.06. The molecule has 0 bridgehead atoms. The lowest BCUT2D eigenvalue weighted by molar-refractivity contribution is -0.113. The molecule has 10 heteroatoms. The summed E-state index contributed by atoms with van der Waals surface area (Å²) in [5.74, 6) is 0.811.